The highest BCUT2D eigenvalue weighted by atomic mass is 35.5. The number of hydrogen-bond acceptors (Lipinski definition) is 5. The number of carbonyl (C=O) groups is 1. The van der Waals surface area contributed by atoms with Crippen LogP contribution in [0.3, 0.4) is 0 Å². The fourth-order valence-corrected chi connectivity index (χ4v) is 4.03. The van der Waals surface area contributed by atoms with E-state index in [0.29, 0.717) is 29.2 Å². The van der Waals surface area contributed by atoms with Crippen LogP contribution in [0.4, 0.5) is 0 Å². The first kappa shape index (κ1) is 17.1. The predicted molar refractivity (Wildman–Crippen MR) is 105 cm³/mol. The highest BCUT2D eigenvalue weighted by Crippen LogP contribution is 2.35. The van der Waals surface area contributed by atoms with Gasteiger partial charge in [0, 0.05) is 23.8 Å². The molecule has 0 bridgehead atoms. The first-order valence-corrected chi connectivity index (χ1v) is 9.63. The van der Waals surface area contributed by atoms with Crippen LogP contribution >= 0.6 is 11.6 Å². The van der Waals surface area contributed by atoms with Crippen molar-refractivity contribution in [2.45, 2.75) is 32.1 Å². The second-order valence-electron chi connectivity index (χ2n) is 6.96. The topological polar surface area (TPSA) is 73.3 Å². The van der Waals surface area contributed by atoms with Crippen molar-refractivity contribution in [3.63, 3.8) is 0 Å². The Labute approximate surface area is 166 Å². The van der Waals surface area contributed by atoms with E-state index in [1.807, 2.05) is 36.4 Å². The zero-order valence-electron chi connectivity index (χ0n) is 15.2. The van der Waals surface area contributed by atoms with Crippen molar-refractivity contribution in [3.8, 4) is 11.1 Å². The third-order valence-electron chi connectivity index (χ3n) is 5.26. The molecule has 1 aliphatic rings. The van der Waals surface area contributed by atoms with E-state index >= 15 is 0 Å². The van der Waals surface area contributed by atoms with E-state index in [2.05, 4.69) is 17.1 Å². The number of benzene rings is 1. The zero-order chi connectivity index (χ0) is 19.3. The van der Waals surface area contributed by atoms with Gasteiger partial charge in [-0.2, -0.15) is 5.10 Å². The Hall–Kier alpha value is -2.99. The summed E-state index contributed by atoms with van der Waals surface area (Å²) in [6.07, 6.45) is 3.38. The van der Waals surface area contributed by atoms with Crippen molar-refractivity contribution in [1.29, 1.82) is 0 Å². The van der Waals surface area contributed by atoms with Crippen LogP contribution < -0.4 is 0 Å². The second-order valence-corrected chi connectivity index (χ2v) is 7.39. The Balaban J connectivity index is 1.70. The minimum Gasteiger partial charge on any atom is -0.469 e. The SMILES string of the molecule is CCc1nn2c3c(nnc2c1-c1ccc(Cl)cc1)C(=O)CC(c1ccco1)C3. The number of halogens is 1. The molecule has 4 aromatic rings. The summed E-state index contributed by atoms with van der Waals surface area (Å²) in [7, 11) is 0. The van der Waals surface area contributed by atoms with E-state index in [0.717, 1.165) is 34.7 Å². The van der Waals surface area contributed by atoms with Gasteiger partial charge in [0.2, 0.25) is 0 Å². The predicted octanol–water partition coefficient (Wildman–Crippen LogP) is 4.51. The lowest BCUT2D eigenvalue weighted by Crippen LogP contribution is -2.24. The van der Waals surface area contributed by atoms with Gasteiger partial charge in [-0.1, -0.05) is 30.7 Å². The molecule has 0 radical (unpaired) electrons. The van der Waals surface area contributed by atoms with Crippen molar-refractivity contribution < 1.29 is 9.21 Å². The molecule has 1 aliphatic carbocycles. The average molecular weight is 393 g/mol. The number of aryl methyl sites for hydroxylation is 1. The Kier molecular flexibility index (Phi) is 4.02. The highest BCUT2D eigenvalue weighted by Gasteiger charge is 2.32. The Morgan fingerprint density at radius 3 is 2.71 bits per heavy atom. The number of hydrogen-bond donors (Lipinski definition) is 0. The summed E-state index contributed by atoms with van der Waals surface area (Å²) in [5.74, 6) is 0.763. The Morgan fingerprint density at radius 2 is 2.00 bits per heavy atom. The molecule has 1 aromatic carbocycles. The van der Waals surface area contributed by atoms with Gasteiger partial charge in [-0.15, -0.1) is 10.2 Å². The first-order chi connectivity index (χ1) is 13.7. The number of aromatic nitrogens is 4. The van der Waals surface area contributed by atoms with Gasteiger partial charge in [-0.25, -0.2) is 4.52 Å². The van der Waals surface area contributed by atoms with Gasteiger partial charge in [0.05, 0.1) is 23.2 Å². The van der Waals surface area contributed by atoms with Gasteiger partial charge in [0.15, 0.2) is 17.1 Å². The van der Waals surface area contributed by atoms with E-state index in [-0.39, 0.29) is 11.7 Å². The van der Waals surface area contributed by atoms with Crippen LogP contribution in [0.25, 0.3) is 16.8 Å². The van der Waals surface area contributed by atoms with Gasteiger partial charge in [-0.3, -0.25) is 4.79 Å². The zero-order valence-corrected chi connectivity index (χ0v) is 16.0. The van der Waals surface area contributed by atoms with Crippen LogP contribution in [0.5, 0.6) is 0 Å². The molecular weight excluding hydrogens is 376 g/mol. The summed E-state index contributed by atoms with van der Waals surface area (Å²) in [5, 5.41) is 14.1. The maximum atomic E-state index is 12.7. The molecule has 0 saturated heterocycles. The van der Waals surface area contributed by atoms with E-state index < -0.39 is 0 Å². The van der Waals surface area contributed by atoms with Gasteiger partial charge < -0.3 is 4.42 Å². The van der Waals surface area contributed by atoms with Gasteiger partial charge >= 0.3 is 0 Å². The molecule has 3 aromatic heterocycles. The molecule has 1 unspecified atom stereocenters. The van der Waals surface area contributed by atoms with E-state index in [9.17, 15) is 4.79 Å². The van der Waals surface area contributed by atoms with Crippen LogP contribution in [-0.4, -0.2) is 25.6 Å². The Bertz CT molecular complexity index is 1180. The minimum atomic E-state index is -0.0290. The minimum absolute atomic E-state index is 0.0179. The molecule has 1 atom stereocenters. The maximum Gasteiger partial charge on any atom is 0.185 e. The number of nitrogens with zero attached hydrogens (tertiary/aromatic N) is 4. The molecule has 3 heterocycles. The van der Waals surface area contributed by atoms with Crippen LogP contribution in [0, 0.1) is 0 Å². The molecule has 28 heavy (non-hydrogen) atoms. The first-order valence-electron chi connectivity index (χ1n) is 9.25. The van der Waals surface area contributed by atoms with Crippen LogP contribution in [0.1, 0.15) is 46.9 Å². The smallest absolute Gasteiger partial charge is 0.185 e. The van der Waals surface area contributed by atoms with Crippen molar-refractivity contribution in [2.24, 2.45) is 0 Å². The average Bonchev–Trinajstić information content (AvgIpc) is 3.36. The normalized spacial score (nSPS) is 16.5. The summed E-state index contributed by atoms with van der Waals surface area (Å²) in [5.41, 5.74) is 4.68. The molecule has 0 saturated carbocycles. The summed E-state index contributed by atoms with van der Waals surface area (Å²) in [4.78, 5) is 12.7. The molecule has 0 amide bonds. The molecular formula is C21H17ClN4O2. The largest absolute Gasteiger partial charge is 0.469 e. The molecule has 0 aliphatic heterocycles. The van der Waals surface area contributed by atoms with Crippen LogP contribution in [0.15, 0.2) is 47.1 Å². The van der Waals surface area contributed by atoms with Gasteiger partial charge in [0.1, 0.15) is 5.76 Å². The highest BCUT2D eigenvalue weighted by molar-refractivity contribution is 6.30. The number of ketones is 1. The van der Waals surface area contributed by atoms with E-state index in [1.165, 1.54) is 0 Å². The van der Waals surface area contributed by atoms with E-state index in [1.54, 1.807) is 10.8 Å². The molecule has 6 nitrogen and oxygen atoms in total. The summed E-state index contributed by atoms with van der Waals surface area (Å²) >= 11 is 6.05. The molecule has 0 N–H and O–H groups in total. The monoisotopic (exact) mass is 392 g/mol. The molecule has 5 rings (SSSR count). The quantitative estimate of drug-likeness (QED) is 0.512. The summed E-state index contributed by atoms with van der Waals surface area (Å²) < 4.78 is 7.34. The lowest BCUT2D eigenvalue weighted by Gasteiger charge is -2.21. The fourth-order valence-electron chi connectivity index (χ4n) is 3.90. The standard InChI is InChI=1S/C21H17ClN4O2/c1-2-15-19(12-5-7-14(22)8-6-12)21-24-23-20-16(26(21)25-15)10-13(11-17(20)27)18-4-3-9-28-18/h3-9,13H,2,10-11H2,1H3. The summed E-state index contributed by atoms with van der Waals surface area (Å²) in [6, 6.07) is 11.4. The van der Waals surface area contributed by atoms with Crippen LogP contribution in [-0.2, 0) is 12.8 Å². The van der Waals surface area contributed by atoms with Crippen molar-refractivity contribution in [2.75, 3.05) is 0 Å². The number of Topliss-reactive ketones (excluding diaryl/α,β-unsaturated/α-hetero) is 1. The molecule has 140 valence electrons. The van der Waals surface area contributed by atoms with Crippen molar-refractivity contribution >= 4 is 23.0 Å². The van der Waals surface area contributed by atoms with Crippen molar-refractivity contribution in [1.82, 2.24) is 19.8 Å². The summed E-state index contributed by atoms with van der Waals surface area (Å²) in [6.45, 7) is 2.05. The number of furan rings is 1. The number of fused-ring (bicyclic) bond motifs is 3. The molecule has 0 spiro atoms. The Morgan fingerprint density at radius 1 is 1.18 bits per heavy atom. The second kappa shape index (κ2) is 6.56. The number of rotatable bonds is 3. The third-order valence-corrected chi connectivity index (χ3v) is 5.51. The molecule has 0 fully saturated rings. The van der Waals surface area contributed by atoms with Gasteiger partial charge in [0.25, 0.3) is 0 Å². The fraction of sp³-hybridized carbons (Fsp3) is 0.238. The van der Waals surface area contributed by atoms with Crippen LogP contribution in [0.2, 0.25) is 5.02 Å². The van der Waals surface area contributed by atoms with Gasteiger partial charge in [-0.05, 0) is 36.2 Å². The number of carbonyl (C=O) groups excluding carboxylic acids is 1. The van der Waals surface area contributed by atoms with Crippen molar-refractivity contribution in [3.05, 3.63) is 70.5 Å². The van der Waals surface area contributed by atoms with E-state index in [4.69, 9.17) is 21.1 Å². The molecule has 7 heteroatoms. The lowest BCUT2D eigenvalue weighted by molar-refractivity contribution is 0.0951. The third kappa shape index (κ3) is 2.64. The lowest BCUT2D eigenvalue weighted by atomic mass is 9.87. The maximum absolute atomic E-state index is 12.7.